The summed E-state index contributed by atoms with van der Waals surface area (Å²) in [5.74, 6) is -0.164. The Kier molecular flexibility index (Phi) is 5.09. The summed E-state index contributed by atoms with van der Waals surface area (Å²) in [6.45, 7) is 5.76. The van der Waals surface area contributed by atoms with E-state index in [9.17, 15) is 15.3 Å². The van der Waals surface area contributed by atoms with Gasteiger partial charge in [-0.25, -0.2) is 0 Å². The number of phenols is 3. The topological polar surface area (TPSA) is 76.0 Å². The molecule has 0 bridgehead atoms. The highest BCUT2D eigenvalue weighted by Gasteiger charge is 2.27. The van der Waals surface area contributed by atoms with Gasteiger partial charge in [-0.1, -0.05) is 19.8 Å². The van der Waals surface area contributed by atoms with Crippen LogP contribution < -0.4 is 5.32 Å². The highest BCUT2D eigenvalue weighted by Crippen LogP contribution is 2.41. The molecule has 0 spiro atoms. The Morgan fingerprint density at radius 3 is 2.30 bits per heavy atom. The fraction of sp³-hybridized carbons (Fsp3) is 0.600. The number of nitrogens with one attached hydrogen (secondary N) is 1. The molecule has 5 nitrogen and oxygen atoms in total. The van der Waals surface area contributed by atoms with E-state index in [1.165, 1.54) is 12.1 Å². The summed E-state index contributed by atoms with van der Waals surface area (Å²) in [6.07, 6.45) is 3.00. The molecule has 0 saturated carbocycles. The summed E-state index contributed by atoms with van der Waals surface area (Å²) in [6, 6.07) is 2.60. The third kappa shape index (κ3) is 3.35. The molecule has 0 radical (unpaired) electrons. The average molecular weight is 280 g/mol. The lowest BCUT2D eigenvalue weighted by Crippen LogP contribution is -2.45. The predicted molar refractivity (Wildman–Crippen MR) is 78.1 cm³/mol. The monoisotopic (exact) mass is 280 g/mol. The summed E-state index contributed by atoms with van der Waals surface area (Å²) in [4.78, 5) is 2.29. The number of piperazine rings is 1. The molecule has 1 aromatic carbocycles. The van der Waals surface area contributed by atoms with Crippen LogP contribution in [0.5, 0.6) is 17.2 Å². The van der Waals surface area contributed by atoms with Crippen LogP contribution in [0.1, 0.15) is 37.8 Å². The van der Waals surface area contributed by atoms with Gasteiger partial charge in [-0.3, -0.25) is 4.90 Å². The highest BCUT2D eigenvalue weighted by atomic mass is 16.3. The van der Waals surface area contributed by atoms with E-state index >= 15 is 0 Å². The molecule has 1 aromatic rings. The van der Waals surface area contributed by atoms with Gasteiger partial charge in [-0.05, 0) is 6.42 Å². The van der Waals surface area contributed by atoms with Gasteiger partial charge in [0.25, 0.3) is 0 Å². The summed E-state index contributed by atoms with van der Waals surface area (Å²) in [5, 5.41) is 33.0. The lowest BCUT2D eigenvalue weighted by Gasteiger charge is -2.35. The largest absolute Gasteiger partial charge is 0.508 e. The normalized spacial score (nSPS) is 18.1. The van der Waals surface area contributed by atoms with Crippen molar-refractivity contribution in [2.24, 2.45) is 0 Å². The smallest absolute Gasteiger partial charge is 0.127 e. The maximum absolute atomic E-state index is 10.1. The molecule has 20 heavy (non-hydrogen) atoms. The Hall–Kier alpha value is -1.46. The first-order valence-corrected chi connectivity index (χ1v) is 7.33. The number of hydrogen-bond acceptors (Lipinski definition) is 5. The second-order valence-corrected chi connectivity index (χ2v) is 5.34. The van der Waals surface area contributed by atoms with Gasteiger partial charge in [-0.2, -0.15) is 0 Å². The molecule has 4 N–H and O–H groups in total. The molecule has 2 rings (SSSR count). The molecular weight excluding hydrogens is 256 g/mol. The van der Waals surface area contributed by atoms with Crippen LogP contribution >= 0.6 is 0 Å². The average Bonchev–Trinajstić information content (AvgIpc) is 2.42. The molecule has 0 unspecified atom stereocenters. The molecule has 1 aliphatic heterocycles. The zero-order valence-corrected chi connectivity index (χ0v) is 12.0. The van der Waals surface area contributed by atoms with Crippen molar-refractivity contribution in [2.75, 3.05) is 26.2 Å². The second kappa shape index (κ2) is 6.81. The maximum Gasteiger partial charge on any atom is 0.127 e. The molecular formula is C15H24N2O3. The van der Waals surface area contributed by atoms with Crippen LogP contribution in [0.2, 0.25) is 0 Å². The zero-order chi connectivity index (χ0) is 14.5. The van der Waals surface area contributed by atoms with Crippen LogP contribution in [0.15, 0.2) is 12.1 Å². The molecule has 5 heteroatoms. The minimum absolute atomic E-state index is 0.00218. The molecule has 112 valence electrons. The van der Waals surface area contributed by atoms with Gasteiger partial charge in [0.05, 0.1) is 5.56 Å². The van der Waals surface area contributed by atoms with E-state index in [0.29, 0.717) is 5.56 Å². The number of phenolic OH excluding ortho intramolecular Hbond substituents is 3. The Morgan fingerprint density at radius 1 is 1.15 bits per heavy atom. The summed E-state index contributed by atoms with van der Waals surface area (Å²) < 4.78 is 0. The van der Waals surface area contributed by atoms with Gasteiger partial charge in [-0.15, -0.1) is 0 Å². The van der Waals surface area contributed by atoms with Crippen molar-refractivity contribution < 1.29 is 15.3 Å². The first-order chi connectivity index (χ1) is 9.63. The van der Waals surface area contributed by atoms with Gasteiger partial charge in [0, 0.05) is 44.4 Å². The molecule has 1 aliphatic rings. The van der Waals surface area contributed by atoms with Crippen molar-refractivity contribution in [3.8, 4) is 17.2 Å². The van der Waals surface area contributed by atoms with E-state index in [1.807, 2.05) is 0 Å². The fourth-order valence-electron chi connectivity index (χ4n) is 2.85. The van der Waals surface area contributed by atoms with E-state index in [0.717, 1.165) is 45.4 Å². The molecule has 0 aromatic heterocycles. The van der Waals surface area contributed by atoms with Crippen LogP contribution in [0.3, 0.4) is 0 Å². The number of rotatable bonds is 5. The minimum atomic E-state index is -0.113. The number of unbranched alkanes of at least 4 members (excludes halogenated alkanes) is 1. The SMILES string of the molecule is CCCC[C@@H](c1c(O)cc(O)cc1O)N1CCNCC1. The molecule has 1 saturated heterocycles. The lowest BCUT2D eigenvalue weighted by molar-refractivity contribution is 0.158. The van der Waals surface area contributed by atoms with Gasteiger partial charge in [0.1, 0.15) is 17.2 Å². The van der Waals surface area contributed by atoms with E-state index in [-0.39, 0.29) is 23.3 Å². The van der Waals surface area contributed by atoms with Gasteiger partial charge >= 0.3 is 0 Å². The van der Waals surface area contributed by atoms with Crippen LogP contribution in [0.4, 0.5) is 0 Å². The number of nitrogens with zero attached hydrogens (tertiary/aromatic N) is 1. The fourth-order valence-corrected chi connectivity index (χ4v) is 2.85. The van der Waals surface area contributed by atoms with Crippen molar-refractivity contribution in [3.63, 3.8) is 0 Å². The summed E-state index contributed by atoms with van der Waals surface area (Å²) >= 11 is 0. The number of aromatic hydroxyl groups is 3. The lowest BCUT2D eigenvalue weighted by atomic mass is 9.96. The number of hydrogen-bond donors (Lipinski definition) is 4. The Labute approximate surface area is 119 Å². The Balaban J connectivity index is 2.29. The van der Waals surface area contributed by atoms with Gasteiger partial charge in [0.2, 0.25) is 0 Å². The molecule has 1 atom stereocenters. The molecule has 0 aliphatic carbocycles. The van der Waals surface area contributed by atoms with Crippen molar-refractivity contribution in [1.29, 1.82) is 0 Å². The maximum atomic E-state index is 10.1. The van der Waals surface area contributed by atoms with Gasteiger partial charge in [0.15, 0.2) is 0 Å². The zero-order valence-electron chi connectivity index (χ0n) is 12.0. The number of benzene rings is 1. The summed E-state index contributed by atoms with van der Waals surface area (Å²) in [7, 11) is 0. The van der Waals surface area contributed by atoms with Crippen molar-refractivity contribution in [3.05, 3.63) is 17.7 Å². The second-order valence-electron chi connectivity index (χ2n) is 5.34. The van der Waals surface area contributed by atoms with E-state index in [2.05, 4.69) is 17.1 Å². The van der Waals surface area contributed by atoms with Crippen LogP contribution in [0, 0.1) is 0 Å². The third-order valence-electron chi connectivity index (χ3n) is 3.88. The molecule has 0 amide bonds. The first kappa shape index (κ1) is 14.9. The van der Waals surface area contributed by atoms with Crippen LogP contribution in [-0.2, 0) is 0 Å². The predicted octanol–water partition coefficient (Wildman–Crippen LogP) is 1.94. The van der Waals surface area contributed by atoms with Gasteiger partial charge < -0.3 is 20.6 Å². The summed E-state index contributed by atoms with van der Waals surface area (Å²) in [5.41, 5.74) is 0.540. The van der Waals surface area contributed by atoms with Crippen LogP contribution in [0.25, 0.3) is 0 Å². The van der Waals surface area contributed by atoms with E-state index in [1.54, 1.807) is 0 Å². The quantitative estimate of drug-likeness (QED) is 0.663. The Bertz CT molecular complexity index is 422. The highest BCUT2D eigenvalue weighted by molar-refractivity contribution is 5.50. The van der Waals surface area contributed by atoms with Crippen molar-refractivity contribution >= 4 is 0 Å². The van der Waals surface area contributed by atoms with E-state index in [4.69, 9.17) is 0 Å². The molecule has 1 fully saturated rings. The minimum Gasteiger partial charge on any atom is -0.508 e. The standard InChI is InChI=1S/C15H24N2O3/c1-2-3-4-12(17-7-5-16-6-8-17)15-13(19)9-11(18)10-14(15)20/h9-10,12,16,18-20H,2-8H2,1H3/t12-/m0/s1. The molecule has 1 heterocycles. The van der Waals surface area contributed by atoms with Crippen LogP contribution in [-0.4, -0.2) is 46.4 Å². The van der Waals surface area contributed by atoms with Crippen molar-refractivity contribution in [2.45, 2.75) is 32.2 Å². The first-order valence-electron chi connectivity index (χ1n) is 7.33. The Morgan fingerprint density at radius 2 is 1.75 bits per heavy atom. The van der Waals surface area contributed by atoms with E-state index < -0.39 is 0 Å². The van der Waals surface area contributed by atoms with Crippen molar-refractivity contribution in [1.82, 2.24) is 10.2 Å². The third-order valence-corrected chi connectivity index (χ3v) is 3.88.